The third-order valence-corrected chi connectivity index (χ3v) is 4.60. The van der Waals surface area contributed by atoms with Crippen molar-refractivity contribution in [2.45, 2.75) is 40.2 Å². The third-order valence-electron chi connectivity index (χ3n) is 4.24. The second-order valence-electron chi connectivity index (χ2n) is 7.61. The van der Waals surface area contributed by atoms with Gasteiger partial charge in [0, 0.05) is 24.8 Å². The number of aromatic nitrogens is 3. The summed E-state index contributed by atoms with van der Waals surface area (Å²) in [7, 11) is 1.63. The van der Waals surface area contributed by atoms with Crippen molar-refractivity contribution in [1.29, 1.82) is 0 Å². The number of methoxy groups -OCH3 is 1. The molecule has 2 aromatic heterocycles. The number of fused-ring (bicyclic) bond motifs is 1. The number of benzene rings is 1. The van der Waals surface area contributed by atoms with Crippen molar-refractivity contribution in [1.82, 2.24) is 14.8 Å². The van der Waals surface area contributed by atoms with Gasteiger partial charge in [-0.3, -0.25) is 0 Å². The van der Waals surface area contributed by atoms with Crippen LogP contribution in [0.4, 0.5) is 0 Å². The minimum atomic E-state index is 0.0129. The third kappa shape index (κ3) is 5.19. The SMILES string of the molecule is COCCOc1ccc2c(OC(C)C)cc(-n3ccc(CC(C)C)n3)nc2c1Cl. The summed E-state index contributed by atoms with van der Waals surface area (Å²) in [4.78, 5) is 4.77. The molecule has 0 atom stereocenters. The Kier molecular flexibility index (Phi) is 6.98. The molecule has 0 fully saturated rings. The summed E-state index contributed by atoms with van der Waals surface area (Å²) in [5.41, 5.74) is 1.65. The molecule has 7 heteroatoms. The van der Waals surface area contributed by atoms with Crippen LogP contribution in [0.3, 0.4) is 0 Å². The second-order valence-corrected chi connectivity index (χ2v) is 7.99. The highest BCUT2D eigenvalue weighted by Gasteiger charge is 2.16. The van der Waals surface area contributed by atoms with Gasteiger partial charge in [0.25, 0.3) is 0 Å². The van der Waals surface area contributed by atoms with E-state index in [4.69, 9.17) is 30.8 Å². The Labute approximate surface area is 176 Å². The van der Waals surface area contributed by atoms with Crippen molar-refractivity contribution in [2.24, 2.45) is 5.92 Å². The van der Waals surface area contributed by atoms with Crippen molar-refractivity contribution >= 4 is 22.5 Å². The molecule has 0 saturated carbocycles. The van der Waals surface area contributed by atoms with E-state index in [0.717, 1.165) is 17.5 Å². The maximum Gasteiger partial charge on any atom is 0.157 e. The van der Waals surface area contributed by atoms with Crippen molar-refractivity contribution in [2.75, 3.05) is 20.3 Å². The van der Waals surface area contributed by atoms with E-state index in [1.807, 2.05) is 44.3 Å². The molecule has 0 aliphatic rings. The van der Waals surface area contributed by atoms with Gasteiger partial charge in [-0.1, -0.05) is 25.4 Å². The summed E-state index contributed by atoms with van der Waals surface area (Å²) < 4.78 is 18.6. The summed E-state index contributed by atoms with van der Waals surface area (Å²) in [5, 5.41) is 5.95. The maximum atomic E-state index is 6.65. The normalized spacial score (nSPS) is 11.6. The van der Waals surface area contributed by atoms with Crippen molar-refractivity contribution in [3.63, 3.8) is 0 Å². The van der Waals surface area contributed by atoms with Gasteiger partial charge in [0.05, 0.1) is 23.9 Å². The highest BCUT2D eigenvalue weighted by atomic mass is 35.5. The lowest BCUT2D eigenvalue weighted by molar-refractivity contribution is 0.146. The van der Waals surface area contributed by atoms with Crippen LogP contribution in [0.5, 0.6) is 11.5 Å². The van der Waals surface area contributed by atoms with Crippen LogP contribution >= 0.6 is 11.6 Å². The van der Waals surface area contributed by atoms with Crippen LogP contribution in [0.2, 0.25) is 5.02 Å². The molecule has 29 heavy (non-hydrogen) atoms. The van der Waals surface area contributed by atoms with Crippen molar-refractivity contribution in [3.05, 3.63) is 41.2 Å². The average molecular weight is 418 g/mol. The van der Waals surface area contributed by atoms with Gasteiger partial charge >= 0.3 is 0 Å². The maximum absolute atomic E-state index is 6.65. The molecule has 0 spiro atoms. The summed E-state index contributed by atoms with van der Waals surface area (Å²) in [5.74, 6) is 2.46. The van der Waals surface area contributed by atoms with Crippen LogP contribution in [-0.4, -0.2) is 41.2 Å². The molecule has 0 N–H and O–H groups in total. The molecule has 2 heterocycles. The topological polar surface area (TPSA) is 58.4 Å². The summed E-state index contributed by atoms with van der Waals surface area (Å²) in [6.07, 6.45) is 2.84. The lowest BCUT2D eigenvalue weighted by Crippen LogP contribution is -2.09. The first kappa shape index (κ1) is 21.4. The molecule has 0 unspecified atom stereocenters. The molecule has 0 saturated heterocycles. The Morgan fingerprint density at radius 3 is 2.55 bits per heavy atom. The fourth-order valence-electron chi connectivity index (χ4n) is 3.03. The van der Waals surface area contributed by atoms with E-state index in [1.165, 1.54) is 0 Å². The number of nitrogens with zero attached hydrogens (tertiary/aromatic N) is 3. The standard InChI is InChI=1S/C22H28ClN3O3/c1-14(2)12-16-8-9-26(25-16)20-13-19(29-15(3)4)17-6-7-18(28-11-10-27-5)21(23)22(17)24-20/h6-9,13-15H,10-12H2,1-5H3. The Morgan fingerprint density at radius 2 is 1.86 bits per heavy atom. The second kappa shape index (κ2) is 9.46. The minimum absolute atomic E-state index is 0.0129. The molecule has 1 aromatic carbocycles. The van der Waals surface area contributed by atoms with Crippen LogP contribution < -0.4 is 9.47 Å². The first-order chi connectivity index (χ1) is 13.9. The number of ether oxygens (including phenoxy) is 3. The van der Waals surface area contributed by atoms with E-state index in [2.05, 4.69) is 18.9 Å². The summed E-state index contributed by atoms with van der Waals surface area (Å²) in [6.45, 7) is 9.22. The van der Waals surface area contributed by atoms with Crippen LogP contribution in [0, 0.1) is 5.92 Å². The molecule has 0 aliphatic heterocycles. The Morgan fingerprint density at radius 1 is 1.07 bits per heavy atom. The first-order valence-corrected chi connectivity index (χ1v) is 10.2. The number of rotatable bonds is 9. The lowest BCUT2D eigenvalue weighted by Gasteiger charge is -2.16. The molecular weight excluding hydrogens is 390 g/mol. The zero-order valence-corrected chi connectivity index (χ0v) is 18.4. The highest BCUT2D eigenvalue weighted by Crippen LogP contribution is 2.37. The number of halogens is 1. The smallest absolute Gasteiger partial charge is 0.157 e. The zero-order chi connectivity index (χ0) is 21.0. The molecular formula is C22H28ClN3O3. The Balaban J connectivity index is 2.07. The number of hydrogen-bond acceptors (Lipinski definition) is 5. The fourth-order valence-corrected chi connectivity index (χ4v) is 3.29. The van der Waals surface area contributed by atoms with E-state index in [0.29, 0.717) is 47.0 Å². The van der Waals surface area contributed by atoms with Gasteiger partial charge in [0.2, 0.25) is 0 Å². The predicted molar refractivity (Wildman–Crippen MR) is 116 cm³/mol. The number of hydrogen-bond donors (Lipinski definition) is 0. The molecule has 0 radical (unpaired) electrons. The fraction of sp³-hybridized carbons (Fsp3) is 0.455. The monoisotopic (exact) mass is 417 g/mol. The predicted octanol–water partition coefficient (Wildman–Crippen LogP) is 5.08. The van der Waals surface area contributed by atoms with Gasteiger partial charge < -0.3 is 14.2 Å². The minimum Gasteiger partial charge on any atom is -0.490 e. The summed E-state index contributed by atoms with van der Waals surface area (Å²) >= 11 is 6.65. The van der Waals surface area contributed by atoms with Gasteiger partial charge in [0.1, 0.15) is 23.1 Å². The lowest BCUT2D eigenvalue weighted by atomic mass is 10.1. The quantitative estimate of drug-likeness (QED) is 0.454. The number of pyridine rings is 1. The van der Waals surface area contributed by atoms with E-state index in [9.17, 15) is 0 Å². The zero-order valence-electron chi connectivity index (χ0n) is 17.6. The Bertz CT molecular complexity index is 969. The average Bonchev–Trinajstić information content (AvgIpc) is 3.11. The largest absolute Gasteiger partial charge is 0.490 e. The van der Waals surface area contributed by atoms with E-state index >= 15 is 0 Å². The molecule has 0 amide bonds. The molecule has 156 valence electrons. The molecule has 6 nitrogen and oxygen atoms in total. The van der Waals surface area contributed by atoms with Crippen LogP contribution in [-0.2, 0) is 11.2 Å². The van der Waals surface area contributed by atoms with Crippen LogP contribution in [0.25, 0.3) is 16.7 Å². The van der Waals surface area contributed by atoms with Crippen molar-refractivity contribution < 1.29 is 14.2 Å². The molecule has 0 bridgehead atoms. The van der Waals surface area contributed by atoms with Gasteiger partial charge in [-0.2, -0.15) is 5.10 Å². The van der Waals surface area contributed by atoms with E-state index in [-0.39, 0.29) is 6.10 Å². The van der Waals surface area contributed by atoms with E-state index < -0.39 is 0 Å². The van der Waals surface area contributed by atoms with Crippen LogP contribution in [0.1, 0.15) is 33.4 Å². The highest BCUT2D eigenvalue weighted by molar-refractivity contribution is 6.36. The first-order valence-electron chi connectivity index (χ1n) is 9.85. The van der Waals surface area contributed by atoms with Gasteiger partial charge in [0.15, 0.2) is 5.82 Å². The summed E-state index contributed by atoms with van der Waals surface area (Å²) in [6, 6.07) is 7.67. The van der Waals surface area contributed by atoms with Gasteiger partial charge in [-0.15, -0.1) is 0 Å². The molecule has 3 rings (SSSR count). The van der Waals surface area contributed by atoms with Gasteiger partial charge in [-0.05, 0) is 44.4 Å². The van der Waals surface area contributed by atoms with Crippen LogP contribution in [0.15, 0.2) is 30.5 Å². The molecule has 0 aliphatic carbocycles. The van der Waals surface area contributed by atoms with Gasteiger partial charge in [-0.25, -0.2) is 9.67 Å². The molecule has 3 aromatic rings. The van der Waals surface area contributed by atoms with E-state index in [1.54, 1.807) is 11.8 Å². The van der Waals surface area contributed by atoms with Crippen molar-refractivity contribution in [3.8, 4) is 17.3 Å². The Hall–Kier alpha value is -2.31.